The van der Waals surface area contributed by atoms with E-state index < -0.39 is 4.92 Å². The number of aromatic amines is 1. The number of hydrogen-bond acceptors (Lipinski definition) is 5. The van der Waals surface area contributed by atoms with Crippen molar-refractivity contribution in [3.8, 4) is 0 Å². The lowest BCUT2D eigenvalue weighted by Crippen LogP contribution is -2.48. The van der Waals surface area contributed by atoms with Crippen LogP contribution in [0.5, 0.6) is 0 Å². The lowest BCUT2D eigenvalue weighted by atomic mass is 10.1. The van der Waals surface area contributed by atoms with Crippen LogP contribution in [0.15, 0.2) is 54.7 Å². The fraction of sp³-hybridized carbons (Fsp3) is 0.261. The smallest absolute Gasteiger partial charge is 0.269 e. The molecule has 1 saturated heterocycles. The molecule has 1 fully saturated rings. The van der Waals surface area contributed by atoms with Crippen LogP contribution in [0.4, 0.5) is 11.4 Å². The van der Waals surface area contributed by atoms with Crippen molar-refractivity contribution in [2.45, 2.75) is 6.42 Å². The van der Waals surface area contributed by atoms with E-state index in [9.17, 15) is 14.9 Å². The van der Waals surface area contributed by atoms with Gasteiger partial charge in [0.2, 0.25) is 5.91 Å². The average molecular weight is 456 g/mol. The lowest BCUT2D eigenvalue weighted by molar-refractivity contribution is -0.384. The van der Waals surface area contributed by atoms with Gasteiger partial charge in [-0.25, -0.2) is 0 Å². The molecule has 1 aliphatic heterocycles. The third kappa shape index (κ3) is 5.09. The molecule has 4 rings (SSSR count). The van der Waals surface area contributed by atoms with Crippen LogP contribution in [0.3, 0.4) is 0 Å². The van der Waals surface area contributed by atoms with E-state index in [4.69, 9.17) is 5.73 Å². The molecular weight excluding hydrogens is 430 g/mol. The van der Waals surface area contributed by atoms with Crippen LogP contribution >= 0.6 is 12.4 Å². The molecule has 8 nitrogen and oxygen atoms in total. The number of carbonyl (C=O) groups excluding carboxylic acids is 1. The molecule has 1 aliphatic rings. The first kappa shape index (κ1) is 23.3. The van der Waals surface area contributed by atoms with E-state index in [1.165, 1.54) is 17.7 Å². The first-order chi connectivity index (χ1) is 15.0. The minimum atomic E-state index is -0.403. The first-order valence-corrected chi connectivity index (χ1v) is 10.3. The number of nitrogens with one attached hydrogen (secondary N) is 1. The Labute approximate surface area is 192 Å². The Morgan fingerprint density at radius 2 is 1.84 bits per heavy atom. The molecule has 2 heterocycles. The standard InChI is InChI=1S/C23H25N5O3.ClH/c24-10-9-18-16-25-22-7-1-17(15-21(18)22)2-8-23(29)27-13-11-26(12-14-27)19-3-5-20(6-4-19)28(30)31;/h1-8,15-16,25H,9-14,24H2;1H. The van der Waals surface area contributed by atoms with Gasteiger partial charge < -0.3 is 20.5 Å². The molecule has 3 N–H and O–H groups in total. The minimum Gasteiger partial charge on any atom is -0.368 e. The van der Waals surface area contributed by atoms with Crippen LogP contribution in [0.2, 0.25) is 0 Å². The van der Waals surface area contributed by atoms with E-state index in [0.29, 0.717) is 32.7 Å². The summed E-state index contributed by atoms with van der Waals surface area (Å²) in [6.07, 6.45) is 6.27. The normalized spacial score (nSPS) is 14.0. The third-order valence-electron chi connectivity index (χ3n) is 5.64. The monoisotopic (exact) mass is 455 g/mol. The van der Waals surface area contributed by atoms with Gasteiger partial charge in [0.05, 0.1) is 4.92 Å². The van der Waals surface area contributed by atoms with E-state index in [1.807, 2.05) is 29.3 Å². The third-order valence-corrected chi connectivity index (χ3v) is 5.64. The zero-order valence-electron chi connectivity index (χ0n) is 17.6. The van der Waals surface area contributed by atoms with Gasteiger partial charge in [-0.3, -0.25) is 14.9 Å². The van der Waals surface area contributed by atoms with Gasteiger partial charge in [-0.05, 0) is 54.4 Å². The highest BCUT2D eigenvalue weighted by molar-refractivity contribution is 5.93. The van der Waals surface area contributed by atoms with E-state index in [0.717, 1.165) is 28.6 Å². The Kier molecular flexibility index (Phi) is 7.50. The summed E-state index contributed by atoms with van der Waals surface area (Å²) in [5.74, 6) is -0.0142. The van der Waals surface area contributed by atoms with Crippen molar-refractivity contribution in [3.63, 3.8) is 0 Å². The number of benzene rings is 2. The number of fused-ring (bicyclic) bond motifs is 1. The second-order valence-electron chi connectivity index (χ2n) is 7.58. The number of anilines is 1. The fourth-order valence-corrected chi connectivity index (χ4v) is 3.91. The molecule has 2 aromatic carbocycles. The zero-order valence-corrected chi connectivity index (χ0v) is 18.4. The van der Waals surface area contributed by atoms with E-state index >= 15 is 0 Å². The molecule has 3 aromatic rings. The summed E-state index contributed by atoms with van der Waals surface area (Å²) in [6, 6.07) is 12.6. The number of nitrogens with two attached hydrogens (primary N) is 1. The summed E-state index contributed by atoms with van der Waals surface area (Å²) in [5.41, 5.74) is 9.92. The number of nitro benzene ring substituents is 1. The largest absolute Gasteiger partial charge is 0.368 e. The molecule has 0 bridgehead atoms. The number of nitro groups is 1. The molecule has 0 spiro atoms. The molecule has 1 amide bonds. The van der Waals surface area contributed by atoms with Gasteiger partial charge in [0, 0.05) is 67.2 Å². The van der Waals surface area contributed by atoms with Crippen LogP contribution < -0.4 is 10.6 Å². The molecular formula is C23H26ClN5O3. The maximum absolute atomic E-state index is 12.6. The molecule has 0 aliphatic carbocycles. The van der Waals surface area contributed by atoms with Crippen LogP contribution in [-0.2, 0) is 11.2 Å². The summed E-state index contributed by atoms with van der Waals surface area (Å²) < 4.78 is 0. The SMILES string of the molecule is Cl.NCCc1c[nH]c2ccc(C=CC(=O)N3CCN(c4ccc([N+](=O)[O-])cc4)CC3)cc12. The number of hydrogen-bond donors (Lipinski definition) is 2. The molecule has 1 aromatic heterocycles. The molecule has 0 unspecified atom stereocenters. The van der Waals surface area contributed by atoms with Crippen LogP contribution in [0.25, 0.3) is 17.0 Å². The number of nitrogens with zero attached hydrogens (tertiary/aromatic N) is 3. The minimum absolute atomic E-state index is 0. The van der Waals surface area contributed by atoms with Crippen LogP contribution in [-0.4, -0.2) is 53.4 Å². The van der Waals surface area contributed by atoms with Crippen molar-refractivity contribution in [3.05, 3.63) is 76.0 Å². The summed E-state index contributed by atoms with van der Waals surface area (Å²) in [5, 5.41) is 11.9. The van der Waals surface area contributed by atoms with Gasteiger partial charge in [0.15, 0.2) is 0 Å². The predicted octanol–water partition coefficient (Wildman–Crippen LogP) is 3.36. The molecule has 0 atom stereocenters. The molecule has 0 radical (unpaired) electrons. The highest BCUT2D eigenvalue weighted by Crippen LogP contribution is 2.22. The number of amides is 1. The van der Waals surface area contributed by atoms with E-state index in [-0.39, 0.29) is 24.0 Å². The number of halogens is 1. The summed E-state index contributed by atoms with van der Waals surface area (Å²) in [7, 11) is 0. The van der Waals surface area contributed by atoms with E-state index in [2.05, 4.69) is 16.0 Å². The highest BCUT2D eigenvalue weighted by atomic mass is 35.5. The predicted molar refractivity (Wildman–Crippen MR) is 129 cm³/mol. The van der Waals surface area contributed by atoms with Gasteiger partial charge >= 0.3 is 0 Å². The first-order valence-electron chi connectivity index (χ1n) is 10.3. The summed E-state index contributed by atoms with van der Waals surface area (Å²) >= 11 is 0. The second kappa shape index (κ2) is 10.3. The Balaban J connectivity index is 0.00000289. The number of aromatic nitrogens is 1. The van der Waals surface area contributed by atoms with Crippen LogP contribution in [0.1, 0.15) is 11.1 Å². The second-order valence-corrected chi connectivity index (χ2v) is 7.58. The Morgan fingerprint density at radius 1 is 1.12 bits per heavy atom. The van der Waals surface area contributed by atoms with Crippen molar-refractivity contribution in [1.82, 2.24) is 9.88 Å². The topological polar surface area (TPSA) is 108 Å². The number of rotatable bonds is 6. The van der Waals surface area contributed by atoms with Gasteiger partial charge in [-0.1, -0.05) is 6.07 Å². The quantitative estimate of drug-likeness (QED) is 0.336. The highest BCUT2D eigenvalue weighted by Gasteiger charge is 2.20. The van der Waals surface area contributed by atoms with Crippen LogP contribution in [0, 0.1) is 10.1 Å². The molecule has 9 heteroatoms. The van der Waals surface area contributed by atoms with Crippen molar-refractivity contribution >= 4 is 46.7 Å². The van der Waals surface area contributed by atoms with Crippen molar-refractivity contribution in [2.75, 3.05) is 37.6 Å². The number of H-pyrrole nitrogens is 1. The fourth-order valence-electron chi connectivity index (χ4n) is 3.91. The summed E-state index contributed by atoms with van der Waals surface area (Å²) in [4.78, 5) is 30.3. The number of piperazine rings is 1. The number of carbonyl (C=O) groups is 1. The van der Waals surface area contributed by atoms with Gasteiger partial charge in [0.1, 0.15) is 0 Å². The molecule has 32 heavy (non-hydrogen) atoms. The average Bonchev–Trinajstić information content (AvgIpc) is 3.20. The molecule has 168 valence electrons. The summed E-state index contributed by atoms with van der Waals surface area (Å²) in [6.45, 7) is 3.19. The van der Waals surface area contributed by atoms with E-state index in [1.54, 1.807) is 18.2 Å². The zero-order chi connectivity index (χ0) is 21.8. The van der Waals surface area contributed by atoms with Gasteiger partial charge in [-0.2, -0.15) is 0 Å². The van der Waals surface area contributed by atoms with Crippen molar-refractivity contribution in [2.24, 2.45) is 5.73 Å². The van der Waals surface area contributed by atoms with Crippen molar-refractivity contribution < 1.29 is 9.72 Å². The maximum Gasteiger partial charge on any atom is 0.269 e. The van der Waals surface area contributed by atoms with Crippen molar-refractivity contribution in [1.29, 1.82) is 0 Å². The number of non-ortho nitro benzene ring substituents is 1. The molecule has 0 saturated carbocycles. The van der Waals surface area contributed by atoms with Gasteiger partial charge in [-0.15, -0.1) is 12.4 Å². The lowest BCUT2D eigenvalue weighted by Gasteiger charge is -2.35. The Hall–Kier alpha value is -3.36. The maximum atomic E-state index is 12.6. The Morgan fingerprint density at radius 3 is 2.50 bits per heavy atom. The Bertz CT molecular complexity index is 1120. The van der Waals surface area contributed by atoms with Gasteiger partial charge in [0.25, 0.3) is 5.69 Å².